The summed E-state index contributed by atoms with van der Waals surface area (Å²) in [6, 6.07) is 8.63. The lowest BCUT2D eigenvalue weighted by atomic mass is 10.1. The molecule has 0 atom stereocenters. The van der Waals surface area contributed by atoms with Crippen LogP contribution in [0.1, 0.15) is 33.3 Å². The van der Waals surface area contributed by atoms with E-state index >= 15 is 0 Å². The van der Waals surface area contributed by atoms with Crippen molar-refractivity contribution in [3.05, 3.63) is 71.3 Å². The van der Waals surface area contributed by atoms with Gasteiger partial charge in [-0.3, -0.25) is 9.69 Å². The predicted molar refractivity (Wildman–Crippen MR) is 95.8 cm³/mol. The number of Topliss-reactive ketones (excluding diaryl/α,β-unsaturated/α-hetero) is 1. The van der Waals surface area contributed by atoms with Crippen LogP contribution in [0.5, 0.6) is 0 Å². The number of ketones is 1. The first-order chi connectivity index (χ1) is 13.2. The highest BCUT2D eigenvalue weighted by Gasteiger charge is 2.30. The van der Waals surface area contributed by atoms with Crippen molar-refractivity contribution in [2.75, 3.05) is 6.54 Å². The van der Waals surface area contributed by atoms with E-state index in [0.29, 0.717) is 41.6 Å². The quantitative estimate of drug-likeness (QED) is 0.518. The number of hydrogen-bond acceptors (Lipinski definition) is 4. The van der Waals surface area contributed by atoms with Crippen LogP contribution in [-0.2, 0) is 19.6 Å². The number of halogens is 3. The topological polar surface area (TPSA) is 51.5 Å². The van der Waals surface area contributed by atoms with Gasteiger partial charge >= 0.3 is 6.18 Å². The molecule has 3 aromatic heterocycles. The molecule has 0 saturated heterocycles. The number of carbonyl (C=O) groups is 1. The Labute approximate surface area is 160 Å². The molecule has 0 radical (unpaired) electrons. The summed E-state index contributed by atoms with van der Waals surface area (Å²) in [5, 5.41) is 0. The first-order valence-corrected chi connectivity index (χ1v) is 8.77. The fourth-order valence-electron chi connectivity index (χ4n) is 3.21. The number of aryl methyl sites for hydroxylation is 1. The van der Waals surface area contributed by atoms with Gasteiger partial charge in [0.25, 0.3) is 0 Å². The number of rotatable bonds is 8. The van der Waals surface area contributed by atoms with Crippen molar-refractivity contribution in [3.8, 4) is 0 Å². The van der Waals surface area contributed by atoms with Crippen molar-refractivity contribution in [1.82, 2.24) is 9.47 Å². The van der Waals surface area contributed by atoms with Gasteiger partial charge in [0.1, 0.15) is 18.1 Å². The molecule has 0 saturated carbocycles. The first kappa shape index (κ1) is 20.0. The maximum atomic E-state index is 12.9. The second-order valence-electron chi connectivity index (χ2n) is 6.71. The molecule has 0 N–H and O–H groups in total. The Morgan fingerprint density at radius 3 is 2.11 bits per heavy atom. The van der Waals surface area contributed by atoms with Crippen LogP contribution < -0.4 is 0 Å². The van der Waals surface area contributed by atoms with Crippen molar-refractivity contribution >= 4 is 5.78 Å². The molecule has 0 aliphatic carbocycles. The highest BCUT2D eigenvalue weighted by atomic mass is 19.4. The summed E-state index contributed by atoms with van der Waals surface area (Å²) >= 11 is 0. The van der Waals surface area contributed by atoms with E-state index in [1.807, 2.05) is 4.90 Å². The average molecular weight is 394 g/mol. The Bertz CT molecular complexity index is 873. The van der Waals surface area contributed by atoms with Crippen molar-refractivity contribution in [2.45, 2.75) is 39.7 Å². The van der Waals surface area contributed by atoms with Gasteiger partial charge in [-0.2, -0.15) is 13.2 Å². The zero-order chi connectivity index (χ0) is 20.3. The molecule has 5 nitrogen and oxygen atoms in total. The Morgan fingerprint density at radius 2 is 1.64 bits per heavy atom. The van der Waals surface area contributed by atoms with E-state index in [1.54, 1.807) is 43.7 Å². The van der Waals surface area contributed by atoms with Crippen LogP contribution in [0.15, 0.2) is 51.7 Å². The van der Waals surface area contributed by atoms with E-state index in [1.165, 1.54) is 13.0 Å². The number of nitrogens with zero attached hydrogens (tertiary/aromatic N) is 2. The van der Waals surface area contributed by atoms with Gasteiger partial charge in [-0.15, -0.1) is 0 Å². The van der Waals surface area contributed by atoms with E-state index in [0.717, 1.165) is 4.57 Å². The van der Waals surface area contributed by atoms with Crippen molar-refractivity contribution < 1.29 is 26.8 Å². The molecule has 0 spiro atoms. The van der Waals surface area contributed by atoms with Gasteiger partial charge in [-0.25, -0.2) is 0 Å². The summed E-state index contributed by atoms with van der Waals surface area (Å²) in [7, 11) is 0. The van der Waals surface area contributed by atoms with Crippen LogP contribution >= 0.6 is 0 Å². The molecule has 3 rings (SSSR count). The smallest absolute Gasteiger partial charge is 0.406 e. The van der Waals surface area contributed by atoms with Gasteiger partial charge in [0.2, 0.25) is 0 Å². The van der Waals surface area contributed by atoms with Crippen LogP contribution in [0.25, 0.3) is 0 Å². The zero-order valence-corrected chi connectivity index (χ0v) is 15.6. The lowest BCUT2D eigenvalue weighted by molar-refractivity contribution is -0.141. The van der Waals surface area contributed by atoms with Gasteiger partial charge in [-0.1, -0.05) is 0 Å². The molecule has 3 heterocycles. The molecule has 0 bridgehead atoms. The number of aromatic nitrogens is 1. The summed E-state index contributed by atoms with van der Waals surface area (Å²) in [5.41, 5.74) is 1.02. The standard InChI is InChI=1S/C20H21F3N2O3/c1-14-9-18(15(2)25(14)13-20(21,22)23)19(26)12-24(10-16-5-3-7-27-16)11-17-6-4-8-28-17/h3-9H,10-13H2,1-2H3. The lowest BCUT2D eigenvalue weighted by Gasteiger charge is -2.19. The molecule has 0 aromatic carbocycles. The zero-order valence-electron chi connectivity index (χ0n) is 15.6. The highest BCUT2D eigenvalue weighted by molar-refractivity contribution is 5.99. The minimum atomic E-state index is -4.35. The third-order valence-electron chi connectivity index (χ3n) is 4.50. The second kappa shape index (κ2) is 8.10. The van der Waals surface area contributed by atoms with E-state index in [4.69, 9.17) is 8.83 Å². The molecule has 28 heavy (non-hydrogen) atoms. The molecule has 8 heteroatoms. The van der Waals surface area contributed by atoms with Gasteiger partial charge in [0, 0.05) is 17.0 Å². The van der Waals surface area contributed by atoms with Crippen LogP contribution in [0.2, 0.25) is 0 Å². The Kier molecular flexibility index (Phi) is 5.79. The summed E-state index contributed by atoms with van der Waals surface area (Å²) in [6.45, 7) is 2.77. The normalized spacial score (nSPS) is 12.1. The third-order valence-corrected chi connectivity index (χ3v) is 4.50. The molecule has 150 valence electrons. The number of hydrogen-bond donors (Lipinski definition) is 0. The Morgan fingerprint density at radius 1 is 1.07 bits per heavy atom. The average Bonchev–Trinajstić information content (AvgIpc) is 3.33. The predicted octanol–water partition coefficient (Wildman–Crippen LogP) is 4.74. The SMILES string of the molecule is Cc1cc(C(=O)CN(Cc2ccco2)Cc2ccco2)c(C)n1CC(F)(F)F. The van der Waals surface area contributed by atoms with Crippen LogP contribution in [0, 0.1) is 13.8 Å². The molecule has 3 aromatic rings. The summed E-state index contributed by atoms with van der Waals surface area (Å²) in [4.78, 5) is 14.7. The summed E-state index contributed by atoms with van der Waals surface area (Å²) < 4.78 is 50.3. The monoisotopic (exact) mass is 394 g/mol. The maximum absolute atomic E-state index is 12.9. The van der Waals surface area contributed by atoms with Crippen molar-refractivity contribution in [1.29, 1.82) is 0 Å². The molecule has 0 fully saturated rings. The number of carbonyl (C=O) groups excluding carboxylic acids is 1. The Hall–Kier alpha value is -2.74. The maximum Gasteiger partial charge on any atom is 0.406 e. The minimum Gasteiger partial charge on any atom is -0.468 e. The highest BCUT2D eigenvalue weighted by Crippen LogP contribution is 2.24. The van der Waals surface area contributed by atoms with Crippen molar-refractivity contribution in [3.63, 3.8) is 0 Å². The minimum absolute atomic E-state index is 0.0255. The fraction of sp³-hybridized carbons (Fsp3) is 0.350. The largest absolute Gasteiger partial charge is 0.468 e. The molecule has 0 amide bonds. The van der Waals surface area contributed by atoms with Crippen LogP contribution in [0.4, 0.5) is 13.2 Å². The summed E-state index contributed by atoms with van der Waals surface area (Å²) in [6.07, 6.45) is -1.25. The van der Waals surface area contributed by atoms with Gasteiger partial charge in [0.15, 0.2) is 5.78 Å². The lowest BCUT2D eigenvalue weighted by Crippen LogP contribution is -2.29. The Balaban J connectivity index is 1.78. The van der Waals surface area contributed by atoms with Crippen LogP contribution in [-0.4, -0.2) is 28.0 Å². The molecule has 0 aliphatic rings. The van der Waals surface area contributed by atoms with Gasteiger partial charge < -0.3 is 13.4 Å². The summed E-state index contributed by atoms with van der Waals surface area (Å²) in [5.74, 6) is 1.11. The van der Waals surface area contributed by atoms with E-state index in [9.17, 15) is 18.0 Å². The second-order valence-corrected chi connectivity index (χ2v) is 6.71. The third kappa shape index (κ3) is 4.95. The molecule has 0 unspecified atom stereocenters. The number of furan rings is 2. The van der Waals surface area contributed by atoms with E-state index < -0.39 is 12.7 Å². The van der Waals surface area contributed by atoms with E-state index in [-0.39, 0.29) is 12.3 Å². The molecule has 0 aliphatic heterocycles. The van der Waals surface area contributed by atoms with Gasteiger partial charge in [-0.05, 0) is 44.2 Å². The van der Waals surface area contributed by atoms with E-state index in [2.05, 4.69) is 0 Å². The van der Waals surface area contributed by atoms with Crippen molar-refractivity contribution in [2.24, 2.45) is 0 Å². The van der Waals surface area contributed by atoms with Crippen LogP contribution in [0.3, 0.4) is 0 Å². The van der Waals surface area contributed by atoms with Gasteiger partial charge in [0.05, 0.1) is 32.2 Å². The number of alkyl halides is 3. The molecular weight excluding hydrogens is 373 g/mol. The fourth-order valence-corrected chi connectivity index (χ4v) is 3.21. The first-order valence-electron chi connectivity index (χ1n) is 8.77. The molecular formula is C20H21F3N2O3.